The molecule has 1 aliphatic rings. The summed E-state index contributed by atoms with van der Waals surface area (Å²) >= 11 is 0. The molecule has 0 saturated carbocycles. The van der Waals surface area contributed by atoms with Crippen LogP contribution < -0.4 is 5.73 Å². The maximum absolute atomic E-state index is 12.0. The molecule has 3 amide bonds. The smallest absolute Gasteiger partial charge is 0.314 e. The molecule has 6 heteroatoms. The van der Waals surface area contributed by atoms with Gasteiger partial charge >= 0.3 is 6.03 Å². The second-order valence-corrected chi connectivity index (χ2v) is 5.13. The van der Waals surface area contributed by atoms with Crippen molar-refractivity contribution in [3.63, 3.8) is 0 Å². The first kappa shape index (κ1) is 14.3. The Balaban J connectivity index is 1.85. The SMILES string of the molecule is CN(CC(=O)N1CCC(c2ccncc2)CC1)C(N)=O. The van der Waals surface area contributed by atoms with Crippen molar-refractivity contribution in [1.29, 1.82) is 0 Å². The average Bonchev–Trinajstić information content (AvgIpc) is 2.48. The average molecular weight is 276 g/mol. The van der Waals surface area contributed by atoms with Crippen molar-refractivity contribution < 1.29 is 9.59 Å². The van der Waals surface area contributed by atoms with Gasteiger partial charge in [0.25, 0.3) is 0 Å². The Morgan fingerprint density at radius 3 is 2.50 bits per heavy atom. The summed E-state index contributed by atoms with van der Waals surface area (Å²) in [6.07, 6.45) is 5.48. The molecule has 2 N–H and O–H groups in total. The molecular weight excluding hydrogens is 256 g/mol. The van der Waals surface area contributed by atoms with Gasteiger partial charge in [-0.05, 0) is 36.5 Å². The minimum Gasteiger partial charge on any atom is -0.351 e. The molecule has 0 aromatic carbocycles. The number of primary amides is 1. The van der Waals surface area contributed by atoms with Crippen molar-refractivity contribution in [2.75, 3.05) is 26.7 Å². The van der Waals surface area contributed by atoms with E-state index in [-0.39, 0.29) is 12.5 Å². The van der Waals surface area contributed by atoms with E-state index in [4.69, 9.17) is 5.73 Å². The number of aromatic nitrogens is 1. The normalized spacial score (nSPS) is 15.9. The van der Waals surface area contributed by atoms with Crippen LogP contribution in [0.3, 0.4) is 0 Å². The van der Waals surface area contributed by atoms with E-state index >= 15 is 0 Å². The van der Waals surface area contributed by atoms with E-state index in [1.54, 1.807) is 17.3 Å². The molecular formula is C14H20N4O2. The third-order valence-electron chi connectivity index (χ3n) is 3.77. The molecule has 20 heavy (non-hydrogen) atoms. The number of likely N-dealkylation sites (N-methyl/N-ethyl adjacent to an activating group) is 1. The summed E-state index contributed by atoms with van der Waals surface area (Å²) in [6.45, 7) is 1.49. The van der Waals surface area contributed by atoms with Crippen LogP contribution in [0.5, 0.6) is 0 Å². The van der Waals surface area contributed by atoms with Gasteiger partial charge in [-0.15, -0.1) is 0 Å². The van der Waals surface area contributed by atoms with Crippen LogP contribution in [0.2, 0.25) is 0 Å². The predicted octanol–water partition coefficient (Wildman–Crippen LogP) is 0.798. The molecule has 6 nitrogen and oxygen atoms in total. The topological polar surface area (TPSA) is 79.5 Å². The third-order valence-corrected chi connectivity index (χ3v) is 3.77. The Labute approximate surface area is 118 Å². The summed E-state index contributed by atoms with van der Waals surface area (Å²) in [6, 6.07) is 3.48. The molecule has 0 aliphatic carbocycles. The van der Waals surface area contributed by atoms with Crippen LogP contribution in [-0.2, 0) is 4.79 Å². The number of carbonyl (C=O) groups excluding carboxylic acids is 2. The minimum atomic E-state index is -0.579. The number of likely N-dealkylation sites (tertiary alicyclic amines) is 1. The number of nitrogens with two attached hydrogens (primary N) is 1. The van der Waals surface area contributed by atoms with Crippen LogP contribution in [0.25, 0.3) is 0 Å². The van der Waals surface area contributed by atoms with Crippen molar-refractivity contribution >= 4 is 11.9 Å². The number of amides is 3. The number of piperidine rings is 1. The van der Waals surface area contributed by atoms with E-state index in [2.05, 4.69) is 4.98 Å². The fourth-order valence-electron chi connectivity index (χ4n) is 2.48. The fraction of sp³-hybridized carbons (Fsp3) is 0.500. The van der Waals surface area contributed by atoms with Crippen molar-refractivity contribution in [2.45, 2.75) is 18.8 Å². The second-order valence-electron chi connectivity index (χ2n) is 5.13. The molecule has 2 heterocycles. The number of pyridine rings is 1. The van der Waals surface area contributed by atoms with Gasteiger partial charge < -0.3 is 15.5 Å². The maximum Gasteiger partial charge on any atom is 0.314 e. The first-order valence-corrected chi connectivity index (χ1v) is 6.76. The van der Waals surface area contributed by atoms with E-state index in [9.17, 15) is 9.59 Å². The first-order chi connectivity index (χ1) is 9.58. The van der Waals surface area contributed by atoms with Gasteiger partial charge in [0.15, 0.2) is 0 Å². The van der Waals surface area contributed by atoms with E-state index in [1.807, 2.05) is 12.1 Å². The molecule has 1 aromatic rings. The van der Waals surface area contributed by atoms with Gasteiger partial charge in [-0.3, -0.25) is 9.78 Å². The Morgan fingerprint density at radius 2 is 1.95 bits per heavy atom. The molecule has 1 aliphatic heterocycles. The highest BCUT2D eigenvalue weighted by atomic mass is 16.2. The Kier molecular flexibility index (Phi) is 4.55. The van der Waals surface area contributed by atoms with Crippen LogP contribution in [0.15, 0.2) is 24.5 Å². The van der Waals surface area contributed by atoms with Gasteiger partial charge in [-0.25, -0.2) is 4.79 Å². The van der Waals surface area contributed by atoms with Gasteiger partial charge in [0.05, 0.1) is 0 Å². The number of hydrogen-bond acceptors (Lipinski definition) is 3. The first-order valence-electron chi connectivity index (χ1n) is 6.76. The van der Waals surface area contributed by atoms with Gasteiger partial charge in [-0.2, -0.15) is 0 Å². The van der Waals surface area contributed by atoms with Crippen molar-refractivity contribution in [1.82, 2.24) is 14.8 Å². The van der Waals surface area contributed by atoms with E-state index < -0.39 is 6.03 Å². The zero-order valence-electron chi connectivity index (χ0n) is 11.7. The Bertz CT molecular complexity index is 469. The molecule has 0 unspecified atom stereocenters. The monoisotopic (exact) mass is 276 g/mol. The van der Waals surface area contributed by atoms with E-state index in [0.29, 0.717) is 5.92 Å². The molecule has 2 rings (SSSR count). The number of hydrogen-bond donors (Lipinski definition) is 1. The highest BCUT2D eigenvalue weighted by Crippen LogP contribution is 2.27. The van der Waals surface area contributed by atoms with Gasteiger partial charge in [0.2, 0.25) is 5.91 Å². The van der Waals surface area contributed by atoms with Crippen LogP contribution in [-0.4, -0.2) is 53.4 Å². The summed E-state index contributed by atoms with van der Waals surface area (Å²) in [4.78, 5) is 30.0. The molecule has 0 bridgehead atoms. The third kappa shape index (κ3) is 3.46. The summed E-state index contributed by atoms with van der Waals surface area (Å²) in [5.41, 5.74) is 6.40. The van der Waals surface area contributed by atoms with Crippen LogP contribution in [0.4, 0.5) is 4.79 Å². The van der Waals surface area contributed by atoms with Crippen molar-refractivity contribution in [3.05, 3.63) is 30.1 Å². The van der Waals surface area contributed by atoms with Crippen molar-refractivity contribution in [3.8, 4) is 0 Å². The lowest BCUT2D eigenvalue weighted by Gasteiger charge is -2.33. The predicted molar refractivity (Wildman–Crippen MR) is 75.0 cm³/mol. The van der Waals surface area contributed by atoms with Crippen LogP contribution in [0.1, 0.15) is 24.3 Å². The minimum absolute atomic E-state index is 0.0421. The zero-order valence-corrected chi connectivity index (χ0v) is 11.7. The highest BCUT2D eigenvalue weighted by molar-refractivity contribution is 5.83. The Hall–Kier alpha value is -2.11. The zero-order chi connectivity index (χ0) is 14.5. The van der Waals surface area contributed by atoms with Crippen LogP contribution in [0, 0.1) is 0 Å². The van der Waals surface area contributed by atoms with Crippen molar-refractivity contribution in [2.24, 2.45) is 5.73 Å². The lowest BCUT2D eigenvalue weighted by Crippen LogP contribution is -2.45. The summed E-state index contributed by atoms with van der Waals surface area (Å²) in [7, 11) is 1.53. The Morgan fingerprint density at radius 1 is 1.35 bits per heavy atom. The quantitative estimate of drug-likeness (QED) is 0.886. The number of carbonyl (C=O) groups is 2. The van der Waals surface area contributed by atoms with Crippen LogP contribution >= 0.6 is 0 Å². The fourth-order valence-corrected chi connectivity index (χ4v) is 2.48. The highest BCUT2D eigenvalue weighted by Gasteiger charge is 2.24. The van der Waals surface area contributed by atoms with E-state index in [1.165, 1.54) is 17.5 Å². The lowest BCUT2D eigenvalue weighted by atomic mass is 9.90. The molecule has 1 aromatic heterocycles. The largest absolute Gasteiger partial charge is 0.351 e. The molecule has 108 valence electrons. The second kappa shape index (κ2) is 6.36. The molecule has 0 radical (unpaired) electrons. The van der Waals surface area contributed by atoms with E-state index in [0.717, 1.165) is 25.9 Å². The number of rotatable bonds is 3. The lowest BCUT2D eigenvalue weighted by molar-refractivity contribution is -0.132. The van der Waals surface area contributed by atoms with Gasteiger partial charge in [-0.1, -0.05) is 0 Å². The summed E-state index contributed by atoms with van der Waals surface area (Å²) in [5.74, 6) is 0.440. The van der Waals surface area contributed by atoms with Gasteiger partial charge in [0.1, 0.15) is 6.54 Å². The molecule has 0 spiro atoms. The summed E-state index contributed by atoms with van der Waals surface area (Å²) < 4.78 is 0. The standard InChI is InChI=1S/C14H20N4O2/c1-17(14(15)20)10-13(19)18-8-4-12(5-9-18)11-2-6-16-7-3-11/h2-3,6-7,12H,4-5,8-10H2,1H3,(H2,15,20). The van der Waals surface area contributed by atoms with Gasteiger partial charge in [0, 0.05) is 32.5 Å². The molecule has 1 saturated heterocycles. The number of nitrogens with zero attached hydrogens (tertiary/aromatic N) is 3. The molecule has 0 atom stereocenters. The maximum atomic E-state index is 12.0. The summed E-state index contributed by atoms with van der Waals surface area (Å²) in [5, 5.41) is 0. The number of urea groups is 1. The molecule has 1 fully saturated rings.